The average Bonchev–Trinajstić information content (AvgIpc) is 2.69. The molecule has 0 spiro atoms. The van der Waals surface area contributed by atoms with E-state index < -0.39 is 0 Å². The number of benzene rings is 1. The lowest BCUT2D eigenvalue weighted by Crippen LogP contribution is -2.46. The van der Waals surface area contributed by atoms with E-state index in [1.165, 1.54) is 30.6 Å². The summed E-state index contributed by atoms with van der Waals surface area (Å²) in [5.41, 5.74) is 1.98. The first kappa shape index (κ1) is 18.9. The topological polar surface area (TPSA) is 67.6 Å². The van der Waals surface area contributed by atoms with Gasteiger partial charge in [-0.05, 0) is 18.7 Å². The Bertz CT molecular complexity index is 821. The van der Waals surface area contributed by atoms with Crippen molar-refractivity contribution in [1.29, 1.82) is 0 Å². The van der Waals surface area contributed by atoms with Gasteiger partial charge in [0.25, 0.3) is 0 Å². The molecule has 1 aromatic carbocycles. The fraction of sp³-hybridized carbons (Fsp3) is 0.286. The molecule has 0 radical (unpaired) electrons. The number of pyridine rings is 1. The quantitative estimate of drug-likeness (QED) is 0.337. The van der Waals surface area contributed by atoms with Gasteiger partial charge in [-0.1, -0.05) is 30.3 Å². The predicted molar refractivity (Wildman–Crippen MR) is 103 cm³/mol. The smallest absolute Gasteiger partial charge is 0.186 e. The molecule has 6 heteroatoms. The molecule has 1 aromatic heterocycles. The monoisotopic (exact) mass is 365 g/mol. The van der Waals surface area contributed by atoms with Crippen molar-refractivity contribution in [3.8, 4) is 0 Å². The Morgan fingerprint density at radius 2 is 1.63 bits per heavy atom. The van der Waals surface area contributed by atoms with Gasteiger partial charge in [0.2, 0.25) is 0 Å². The minimum Gasteiger partial charge on any atom is -0.619 e. The predicted octanol–water partition coefficient (Wildman–Crippen LogP) is 1.65. The van der Waals surface area contributed by atoms with Crippen LogP contribution in [0, 0.1) is 5.21 Å². The number of rotatable bonds is 6. The fourth-order valence-corrected chi connectivity index (χ4v) is 2.93. The minimum atomic E-state index is -0.175. The number of hydrogen-bond acceptors (Lipinski definition) is 5. The van der Waals surface area contributed by atoms with Crippen molar-refractivity contribution in [2.45, 2.75) is 0 Å². The largest absolute Gasteiger partial charge is 0.619 e. The zero-order valence-corrected chi connectivity index (χ0v) is 15.4. The van der Waals surface area contributed by atoms with Crippen LogP contribution in [0.2, 0.25) is 0 Å². The van der Waals surface area contributed by atoms with E-state index in [0.717, 1.165) is 31.7 Å². The number of piperazine rings is 1. The van der Waals surface area contributed by atoms with Crippen molar-refractivity contribution < 1.29 is 14.3 Å². The average molecular weight is 365 g/mol. The van der Waals surface area contributed by atoms with Gasteiger partial charge in [0, 0.05) is 49.4 Å². The second-order valence-corrected chi connectivity index (χ2v) is 6.77. The van der Waals surface area contributed by atoms with Gasteiger partial charge in [-0.15, -0.1) is 0 Å². The molecule has 2 heterocycles. The van der Waals surface area contributed by atoms with Crippen molar-refractivity contribution >= 4 is 17.6 Å². The van der Waals surface area contributed by atoms with Crippen molar-refractivity contribution in [2.24, 2.45) is 0 Å². The highest BCUT2D eigenvalue weighted by Gasteiger charge is 2.17. The Morgan fingerprint density at radius 3 is 2.26 bits per heavy atom. The molecule has 6 nitrogen and oxygen atoms in total. The van der Waals surface area contributed by atoms with Crippen LogP contribution in [0.25, 0.3) is 6.08 Å². The van der Waals surface area contributed by atoms with Gasteiger partial charge in [0.05, 0.1) is 6.54 Å². The second kappa shape index (κ2) is 8.70. The lowest BCUT2D eigenvalue weighted by molar-refractivity contribution is -0.605. The third-order valence-electron chi connectivity index (χ3n) is 4.71. The van der Waals surface area contributed by atoms with Crippen LogP contribution >= 0.6 is 0 Å². The Balaban J connectivity index is 1.57. The van der Waals surface area contributed by atoms with Crippen LogP contribution in [-0.2, 0) is 0 Å². The van der Waals surface area contributed by atoms with Gasteiger partial charge in [-0.2, -0.15) is 4.73 Å². The van der Waals surface area contributed by atoms with Gasteiger partial charge in [0.1, 0.15) is 0 Å². The Kier molecular flexibility index (Phi) is 6.11. The molecular weight excluding hydrogens is 342 g/mol. The van der Waals surface area contributed by atoms with Crippen molar-refractivity contribution in [1.82, 2.24) is 9.80 Å². The van der Waals surface area contributed by atoms with Crippen LogP contribution in [0.1, 0.15) is 26.3 Å². The third kappa shape index (κ3) is 5.32. The van der Waals surface area contributed by atoms with Crippen molar-refractivity contribution in [3.63, 3.8) is 0 Å². The molecule has 0 unspecified atom stereocenters. The van der Waals surface area contributed by atoms with Gasteiger partial charge in [0.15, 0.2) is 24.0 Å². The molecular formula is C21H23N3O3. The molecule has 0 N–H and O–H groups in total. The highest BCUT2D eigenvalue weighted by molar-refractivity contribution is 6.06. The molecule has 1 fully saturated rings. The summed E-state index contributed by atoms with van der Waals surface area (Å²) in [6.07, 6.45) is 5.75. The highest BCUT2D eigenvalue weighted by atomic mass is 16.5. The Hall–Kier alpha value is -2.83. The summed E-state index contributed by atoms with van der Waals surface area (Å²) in [5.74, 6) is -0.0628. The molecule has 0 aliphatic carbocycles. The van der Waals surface area contributed by atoms with Crippen LogP contribution in [0.5, 0.6) is 0 Å². The molecule has 3 rings (SSSR count). The van der Waals surface area contributed by atoms with E-state index in [9.17, 15) is 14.8 Å². The molecule has 1 aliphatic heterocycles. The summed E-state index contributed by atoms with van der Waals surface area (Å²) < 4.78 is 0.637. The second-order valence-electron chi connectivity index (χ2n) is 6.77. The van der Waals surface area contributed by atoms with Gasteiger partial charge in [-0.25, -0.2) is 0 Å². The maximum absolute atomic E-state index is 12.4. The molecule has 0 bridgehead atoms. The number of hydrogen-bond donors (Lipinski definition) is 0. The van der Waals surface area contributed by atoms with E-state index in [1.54, 1.807) is 18.2 Å². The molecule has 1 saturated heterocycles. The number of Topliss-reactive ketones (excluding diaryl/α,β-unsaturated/α-hetero) is 1. The maximum atomic E-state index is 12.4. The van der Waals surface area contributed by atoms with E-state index >= 15 is 0 Å². The molecule has 0 amide bonds. The Morgan fingerprint density at radius 1 is 1.00 bits per heavy atom. The van der Waals surface area contributed by atoms with Crippen LogP contribution in [0.15, 0.2) is 54.9 Å². The standard InChI is InChI=1S/C21H23N3O3/c1-22-12-14-23(15-13-22)16-21(26)18-5-2-17(3-6-18)4-7-20(25)19-8-10-24(27)11-9-19/h2-11H,12-16H2,1H3/b7-4+. The minimum absolute atomic E-state index is 0.112. The molecule has 0 saturated carbocycles. The van der Waals surface area contributed by atoms with Crippen LogP contribution < -0.4 is 4.73 Å². The van der Waals surface area contributed by atoms with Crippen LogP contribution in [0.4, 0.5) is 0 Å². The number of aromatic nitrogens is 1. The summed E-state index contributed by atoms with van der Waals surface area (Å²) in [6, 6.07) is 10.2. The maximum Gasteiger partial charge on any atom is 0.186 e. The molecule has 140 valence electrons. The summed E-state index contributed by atoms with van der Waals surface area (Å²) >= 11 is 0. The highest BCUT2D eigenvalue weighted by Crippen LogP contribution is 2.10. The van der Waals surface area contributed by atoms with Crippen LogP contribution in [0.3, 0.4) is 0 Å². The first-order chi connectivity index (χ1) is 13.0. The lowest BCUT2D eigenvalue weighted by atomic mass is 10.1. The molecule has 0 atom stereocenters. The fourth-order valence-electron chi connectivity index (χ4n) is 2.93. The van der Waals surface area contributed by atoms with Crippen LogP contribution in [-0.4, -0.2) is 61.1 Å². The first-order valence-corrected chi connectivity index (χ1v) is 8.97. The van der Waals surface area contributed by atoms with E-state index in [1.807, 2.05) is 12.1 Å². The van der Waals surface area contributed by atoms with E-state index in [-0.39, 0.29) is 11.6 Å². The van der Waals surface area contributed by atoms with Crippen molar-refractivity contribution in [3.05, 3.63) is 76.8 Å². The number of likely N-dealkylation sites (N-methyl/N-ethyl adjacent to an activating group) is 1. The van der Waals surface area contributed by atoms with E-state index in [4.69, 9.17) is 0 Å². The molecule has 1 aliphatic rings. The third-order valence-corrected chi connectivity index (χ3v) is 4.71. The van der Waals surface area contributed by atoms with Gasteiger partial charge in [-0.3, -0.25) is 14.5 Å². The first-order valence-electron chi connectivity index (χ1n) is 8.97. The molecule has 27 heavy (non-hydrogen) atoms. The van der Waals surface area contributed by atoms with E-state index in [2.05, 4.69) is 16.8 Å². The van der Waals surface area contributed by atoms with Gasteiger partial charge < -0.3 is 10.1 Å². The summed E-state index contributed by atoms with van der Waals surface area (Å²) in [5, 5.41) is 11.0. The number of carbonyl (C=O) groups excluding carboxylic acids is 2. The zero-order chi connectivity index (χ0) is 19.2. The SMILES string of the molecule is CN1CCN(CC(=O)c2ccc(/C=C/C(=O)c3cc[n+]([O-])cc3)cc2)CC1. The van der Waals surface area contributed by atoms with Gasteiger partial charge >= 0.3 is 0 Å². The summed E-state index contributed by atoms with van der Waals surface area (Å²) in [4.78, 5) is 29.0. The van der Waals surface area contributed by atoms with E-state index in [0.29, 0.717) is 22.4 Å². The zero-order valence-electron chi connectivity index (χ0n) is 15.4. The summed E-state index contributed by atoms with van der Waals surface area (Å²) in [7, 11) is 2.09. The Labute approximate surface area is 158 Å². The molecule has 2 aromatic rings. The number of nitrogens with zero attached hydrogens (tertiary/aromatic N) is 3. The van der Waals surface area contributed by atoms with Crippen molar-refractivity contribution in [2.75, 3.05) is 39.8 Å². The normalized spacial score (nSPS) is 15.9. The number of allylic oxidation sites excluding steroid dienone is 1. The number of carbonyl (C=O) groups is 2. The summed E-state index contributed by atoms with van der Waals surface area (Å²) in [6.45, 7) is 4.24. The number of ketones is 2. The lowest BCUT2D eigenvalue weighted by Gasteiger charge is -2.31.